The first-order chi connectivity index (χ1) is 9.74. The molecule has 1 aliphatic rings. The third-order valence-electron chi connectivity index (χ3n) is 4.01. The largest absolute Gasteiger partial charge is 0.326 e. The summed E-state index contributed by atoms with van der Waals surface area (Å²) in [7, 11) is 0. The molecule has 0 bridgehead atoms. The summed E-state index contributed by atoms with van der Waals surface area (Å²) in [6, 6.07) is 16.3. The van der Waals surface area contributed by atoms with Gasteiger partial charge in [0.1, 0.15) is 0 Å². The predicted octanol–water partition coefficient (Wildman–Crippen LogP) is 4.05. The maximum atomic E-state index is 12.5. The van der Waals surface area contributed by atoms with E-state index in [9.17, 15) is 4.79 Å². The summed E-state index contributed by atoms with van der Waals surface area (Å²) in [5.41, 5.74) is 4.60. The molecule has 20 heavy (non-hydrogen) atoms. The first-order valence-electron chi connectivity index (χ1n) is 7.19. The van der Waals surface area contributed by atoms with E-state index in [4.69, 9.17) is 0 Å². The van der Waals surface area contributed by atoms with Gasteiger partial charge in [-0.25, -0.2) is 0 Å². The highest BCUT2D eigenvalue weighted by atomic mass is 16.1. The second-order valence-electron chi connectivity index (χ2n) is 5.50. The highest BCUT2D eigenvalue weighted by Crippen LogP contribution is 2.32. The lowest BCUT2D eigenvalue weighted by atomic mass is 9.82. The molecule has 2 aromatic carbocycles. The summed E-state index contributed by atoms with van der Waals surface area (Å²) >= 11 is 0. The van der Waals surface area contributed by atoms with Crippen LogP contribution in [0.5, 0.6) is 0 Å². The van der Waals surface area contributed by atoms with Crippen molar-refractivity contribution in [1.29, 1.82) is 0 Å². The molecule has 2 heteroatoms. The van der Waals surface area contributed by atoms with Crippen LogP contribution in [-0.2, 0) is 11.2 Å². The molecular weight excluding hydrogens is 246 g/mol. The average Bonchev–Trinajstić information content (AvgIpc) is 2.49. The molecular formula is C18H19NO. The van der Waals surface area contributed by atoms with Crippen LogP contribution in [0.4, 0.5) is 5.69 Å². The summed E-state index contributed by atoms with van der Waals surface area (Å²) in [5.74, 6) is 0.0993. The number of anilines is 1. The zero-order valence-electron chi connectivity index (χ0n) is 11.7. The van der Waals surface area contributed by atoms with Gasteiger partial charge >= 0.3 is 0 Å². The third-order valence-corrected chi connectivity index (χ3v) is 4.01. The van der Waals surface area contributed by atoms with E-state index < -0.39 is 0 Å². The van der Waals surface area contributed by atoms with Crippen LogP contribution in [0.3, 0.4) is 0 Å². The van der Waals surface area contributed by atoms with E-state index in [1.165, 1.54) is 16.7 Å². The van der Waals surface area contributed by atoms with Crippen LogP contribution in [0.15, 0.2) is 48.5 Å². The van der Waals surface area contributed by atoms with Crippen LogP contribution in [-0.4, -0.2) is 5.91 Å². The fourth-order valence-electron chi connectivity index (χ4n) is 2.89. The highest BCUT2D eigenvalue weighted by Gasteiger charge is 2.25. The van der Waals surface area contributed by atoms with E-state index in [1.807, 2.05) is 37.3 Å². The molecule has 0 spiro atoms. The minimum Gasteiger partial charge on any atom is -0.326 e. The van der Waals surface area contributed by atoms with Crippen molar-refractivity contribution in [1.82, 2.24) is 0 Å². The van der Waals surface area contributed by atoms with E-state index in [-0.39, 0.29) is 11.8 Å². The second kappa shape index (κ2) is 5.49. The lowest BCUT2D eigenvalue weighted by Gasteiger charge is -2.24. The van der Waals surface area contributed by atoms with E-state index in [2.05, 4.69) is 23.5 Å². The predicted molar refractivity (Wildman–Crippen MR) is 81.9 cm³/mol. The molecule has 3 rings (SSSR count). The van der Waals surface area contributed by atoms with Crippen molar-refractivity contribution in [3.8, 4) is 0 Å². The van der Waals surface area contributed by atoms with Crippen molar-refractivity contribution in [2.75, 3.05) is 5.32 Å². The Morgan fingerprint density at radius 3 is 2.65 bits per heavy atom. The lowest BCUT2D eigenvalue weighted by molar-refractivity contribution is -0.117. The molecule has 0 fully saturated rings. The third kappa shape index (κ3) is 2.60. The van der Waals surface area contributed by atoms with Crippen molar-refractivity contribution in [2.45, 2.75) is 32.1 Å². The van der Waals surface area contributed by atoms with Crippen molar-refractivity contribution < 1.29 is 4.79 Å². The first-order valence-corrected chi connectivity index (χ1v) is 7.19. The van der Waals surface area contributed by atoms with Gasteiger partial charge in [-0.2, -0.15) is 0 Å². The molecule has 2 aromatic rings. The van der Waals surface area contributed by atoms with Gasteiger partial charge < -0.3 is 5.32 Å². The van der Waals surface area contributed by atoms with Gasteiger partial charge in [-0.3, -0.25) is 4.79 Å². The Hall–Kier alpha value is -2.09. The van der Waals surface area contributed by atoms with Crippen LogP contribution in [0.1, 0.15) is 35.4 Å². The first kappa shape index (κ1) is 12.9. The Bertz CT molecular complexity index is 616. The summed E-state index contributed by atoms with van der Waals surface area (Å²) in [5, 5.41) is 3.04. The van der Waals surface area contributed by atoms with Crippen molar-refractivity contribution in [3.63, 3.8) is 0 Å². The smallest absolute Gasteiger partial charge is 0.231 e. The highest BCUT2D eigenvalue weighted by molar-refractivity contribution is 5.96. The number of hydrogen-bond acceptors (Lipinski definition) is 1. The molecule has 1 amide bonds. The van der Waals surface area contributed by atoms with E-state index in [1.54, 1.807) is 0 Å². The minimum absolute atomic E-state index is 0.0127. The van der Waals surface area contributed by atoms with Gasteiger partial charge in [0.05, 0.1) is 5.92 Å². The average molecular weight is 265 g/mol. The van der Waals surface area contributed by atoms with Gasteiger partial charge in [-0.1, -0.05) is 42.0 Å². The van der Waals surface area contributed by atoms with Crippen molar-refractivity contribution in [2.24, 2.45) is 0 Å². The molecule has 0 heterocycles. The number of carbonyl (C=O) groups excluding carboxylic acids is 1. The Morgan fingerprint density at radius 1 is 1.10 bits per heavy atom. The zero-order chi connectivity index (χ0) is 13.9. The molecule has 1 N–H and O–H groups in total. The number of benzene rings is 2. The second-order valence-corrected chi connectivity index (χ2v) is 5.50. The van der Waals surface area contributed by atoms with Crippen LogP contribution in [0.2, 0.25) is 0 Å². The minimum atomic E-state index is -0.0127. The molecule has 0 aliphatic heterocycles. The molecule has 1 aliphatic carbocycles. The topological polar surface area (TPSA) is 29.1 Å². The normalized spacial score (nSPS) is 17.4. The van der Waals surface area contributed by atoms with Crippen LogP contribution in [0, 0.1) is 6.92 Å². The monoisotopic (exact) mass is 265 g/mol. The van der Waals surface area contributed by atoms with Crippen molar-refractivity contribution >= 4 is 11.6 Å². The Kier molecular flexibility index (Phi) is 3.55. The van der Waals surface area contributed by atoms with Gasteiger partial charge in [0.15, 0.2) is 0 Å². The maximum absolute atomic E-state index is 12.5. The molecule has 0 unspecified atom stereocenters. The number of fused-ring (bicyclic) bond motifs is 1. The number of aryl methyl sites for hydroxylation is 2. The Balaban J connectivity index is 1.80. The fourth-order valence-corrected chi connectivity index (χ4v) is 2.89. The molecule has 0 radical (unpaired) electrons. The SMILES string of the molecule is Cc1ccc(NC(=O)[C@@H]2CCCc3ccccc32)cc1. The Labute approximate surface area is 119 Å². The van der Waals surface area contributed by atoms with Gasteiger partial charge in [-0.15, -0.1) is 0 Å². The summed E-state index contributed by atoms with van der Waals surface area (Å²) < 4.78 is 0. The molecule has 1 atom stereocenters. The Morgan fingerprint density at radius 2 is 1.85 bits per heavy atom. The molecule has 102 valence electrons. The van der Waals surface area contributed by atoms with Gasteiger partial charge in [0.2, 0.25) is 5.91 Å². The van der Waals surface area contributed by atoms with E-state index in [0.29, 0.717) is 0 Å². The van der Waals surface area contributed by atoms with Crippen LogP contribution < -0.4 is 5.32 Å². The molecule has 2 nitrogen and oxygen atoms in total. The quantitative estimate of drug-likeness (QED) is 0.872. The summed E-state index contributed by atoms with van der Waals surface area (Å²) in [4.78, 5) is 12.5. The number of amides is 1. The van der Waals surface area contributed by atoms with E-state index in [0.717, 1.165) is 24.9 Å². The van der Waals surface area contributed by atoms with E-state index >= 15 is 0 Å². The maximum Gasteiger partial charge on any atom is 0.231 e. The fraction of sp³-hybridized carbons (Fsp3) is 0.278. The van der Waals surface area contributed by atoms with Crippen molar-refractivity contribution in [3.05, 3.63) is 65.2 Å². The van der Waals surface area contributed by atoms with Crippen LogP contribution >= 0.6 is 0 Å². The molecule has 0 aromatic heterocycles. The number of nitrogens with one attached hydrogen (secondary N) is 1. The number of rotatable bonds is 2. The summed E-state index contributed by atoms with van der Waals surface area (Å²) in [6.45, 7) is 2.04. The number of hydrogen-bond donors (Lipinski definition) is 1. The molecule has 0 saturated carbocycles. The van der Waals surface area contributed by atoms with Gasteiger partial charge in [0.25, 0.3) is 0 Å². The van der Waals surface area contributed by atoms with Gasteiger partial charge in [0, 0.05) is 5.69 Å². The van der Waals surface area contributed by atoms with Crippen LogP contribution in [0.25, 0.3) is 0 Å². The zero-order valence-corrected chi connectivity index (χ0v) is 11.7. The summed E-state index contributed by atoms with van der Waals surface area (Å²) in [6.07, 6.45) is 3.11. The van der Waals surface area contributed by atoms with Gasteiger partial charge in [-0.05, 0) is 49.4 Å². The standard InChI is InChI=1S/C18H19NO/c1-13-9-11-15(12-10-13)19-18(20)17-8-4-6-14-5-2-3-7-16(14)17/h2-3,5,7,9-12,17H,4,6,8H2,1H3,(H,19,20)/t17-/m1/s1. The number of carbonyl (C=O) groups is 1. The molecule has 0 saturated heterocycles. The lowest BCUT2D eigenvalue weighted by Crippen LogP contribution is -2.24.